The van der Waals surface area contributed by atoms with Gasteiger partial charge in [0.25, 0.3) is 5.91 Å². The van der Waals surface area contributed by atoms with Gasteiger partial charge in [0.2, 0.25) is 5.76 Å². The summed E-state index contributed by atoms with van der Waals surface area (Å²) in [6.45, 7) is 0.285. The summed E-state index contributed by atoms with van der Waals surface area (Å²) in [6.07, 6.45) is 1.42. The van der Waals surface area contributed by atoms with Crippen molar-refractivity contribution < 1.29 is 14.1 Å². The van der Waals surface area contributed by atoms with Gasteiger partial charge in [-0.1, -0.05) is 16.5 Å². The molecule has 2 aromatic heterocycles. The number of amides is 1. The van der Waals surface area contributed by atoms with Crippen LogP contribution in [0.2, 0.25) is 0 Å². The number of nitrogens with one attached hydrogen (secondary N) is 1. The second-order valence-corrected chi connectivity index (χ2v) is 5.35. The SMILES string of the molecule is COc1ccc(-c2nnc(CNC(=O)c3ccno3)s2)cc1. The van der Waals surface area contributed by atoms with Crippen LogP contribution in [0.1, 0.15) is 15.6 Å². The number of methoxy groups -OCH3 is 1. The summed E-state index contributed by atoms with van der Waals surface area (Å²) >= 11 is 1.41. The molecule has 0 saturated heterocycles. The smallest absolute Gasteiger partial charge is 0.290 e. The molecule has 0 bridgehead atoms. The third-order valence-electron chi connectivity index (χ3n) is 2.87. The first-order chi connectivity index (χ1) is 10.8. The predicted molar refractivity (Wildman–Crippen MR) is 79.6 cm³/mol. The van der Waals surface area contributed by atoms with Crippen LogP contribution in [0.4, 0.5) is 0 Å². The average molecular weight is 316 g/mol. The summed E-state index contributed by atoms with van der Waals surface area (Å²) in [4.78, 5) is 11.7. The van der Waals surface area contributed by atoms with E-state index in [0.717, 1.165) is 16.3 Å². The molecule has 1 amide bonds. The van der Waals surface area contributed by atoms with Crippen molar-refractivity contribution in [2.24, 2.45) is 0 Å². The lowest BCUT2D eigenvalue weighted by molar-refractivity contribution is 0.0914. The van der Waals surface area contributed by atoms with E-state index < -0.39 is 0 Å². The van der Waals surface area contributed by atoms with Gasteiger partial charge in [-0.05, 0) is 24.3 Å². The van der Waals surface area contributed by atoms with Crippen molar-refractivity contribution in [1.29, 1.82) is 0 Å². The van der Waals surface area contributed by atoms with Crippen molar-refractivity contribution in [3.8, 4) is 16.3 Å². The van der Waals surface area contributed by atoms with Gasteiger partial charge in [-0.25, -0.2) is 0 Å². The van der Waals surface area contributed by atoms with Crippen molar-refractivity contribution in [3.05, 3.63) is 47.3 Å². The van der Waals surface area contributed by atoms with Crippen molar-refractivity contribution >= 4 is 17.2 Å². The maximum atomic E-state index is 11.7. The van der Waals surface area contributed by atoms with Crippen molar-refractivity contribution in [2.75, 3.05) is 7.11 Å². The summed E-state index contributed by atoms with van der Waals surface area (Å²) in [5.41, 5.74) is 0.950. The van der Waals surface area contributed by atoms with Crippen LogP contribution in [-0.4, -0.2) is 28.4 Å². The fraction of sp³-hybridized carbons (Fsp3) is 0.143. The number of nitrogens with zero attached hydrogens (tertiary/aromatic N) is 3. The third-order valence-corrected chi connectivity index (χ3v) is 3.84. The molecule has 22 heavy (non-hydrogen) atoms. The summed E-state index contributed by atoms with van der Waals surface area (Å²) in [6, 6.07) is 9.05. The fourth-order valence-corrected chi connectivity index (χ4v) is 2.54. The predicted octanol–water partition coefficient (Wildman–Crippen LogP) is 2.13. The molecule has 1 N–H and O–H groups in total. The molecular formula is C14H12N4O3S. The second-order valence-electron chi connectivity index (χ2n) is 4.29. The van der Waals surface area contributed by atoms with E-state index in [-0.39, 0.29) is 18.2 Å². The zero-order chi connectivity index (χ0) is 15.4. The maximum absolute atomic E-state index is 11.7. The number of aromatic nitrogens is 3. The number of rotatable bonds is 5. The minimum atomic E-state index is -0.335. The Kier molecular flexibility index (Phi) is 4.10. The van der Waals surface area contributed by atoms with E-state index in [1.165, 1.54) is 23.6 Å². The van der Waals surface area contributed by atoms with Crippen LogP contribution >= 0.6 is 11.3 Å². The molecule has 3 rings (SSSR count). The molecule has 0 unspecified atom stereocenters. The van der Waals surface area contributed by atoms with Crippen LogP contribution in [0, 0.1) is 0 Å². The lowest BCUT2D eigenvalue weighted by Crippen LogP contribution is -2.22. The molecule has 0 radical (unpaired) electrons. The van der Waals surface area contributed by atoms with Gasteiger partial charge in [0.1, 0.15) is 15.8 Å². The van der Waals surface area contributed by atoms with E-state index >= 15 is 0 Å². The number of carbonyl (C=O) groups excluding carboxylic acids is 1. The molecule has 3 aromatic rings. The van der Waals surface area contributed by atoms with Gasteiger partial charge in [-0.3, -0.25) is 4.79 Å². The number of hydrogen-bond donors (Lipinski definition) is 1. The molecular weight excluding hydrogens is 304 g/mol. The van der Waals surface area contributed by atoms with Gasteiger partial charge in [0, 0.05) is 11.6 Å². The fourth-order valence-electron chi connectivity index (χ4n) is 1.75. The topological polar surface area (TPSA) is 90.1 Å². The number of benzene rings is 1. The van der Waals surface area contributed by atoms with Crippen LogP contribution in [0.15, 0.2) is 41.1 Å². The van der Waals surface area contributed by atoms with Crippen LogP contribution in [0.5, 0.6) is 5.75 Å². The molecule has 0 saturated carbocycles. The first-order valence-corrected chi connectivity index (χ1v) is 7.23. The lowest BCUT2D eigenvalue weighted by atomic mass is 10.2. The van der Waals surface area contributed by atoms with Crippen molar-refractivity contribution in [3.63, 3.8) is 0 Å². The van der Waals surface area contributed by atoms with E-state index in [1.54, 1.807) is 7.11 Å². The highest BCUT2D eigenvalue weighted by molar-refractivity contribution is 7.14. The standard InChI is InChI=1S/C14H12N4O3S/c1-20-10-4-2-9(3-5-10)14-18-17-12(22-14)8-15-13(19)11-6-7-16-21-11/h2-7H,8H2,1H3,(H,15,19). The van der Waals surface area contributed by atoms with Gasteiger partial charge < -0.3 is 14.6 Å². The molecule has 0 aliphatic heterocycles. The summed E-state index contributed by atoms with van der Waals surface area (Å²) in [7, 11) is 1.62. The van der Waals surface area contributed by atoms with Crippen LogP contribution in [0.25, 0.3) is 10.6 Å². The zero-order valence-electron chi connectivity index (χ0n) is 11.6. The van der Waals surface area contributed by atoms with Gasteiger partial charge in [0.15, 0.2) is 0 Å². The molecule has 8 heteroatoms. The van der Waals surface area contributed by atoms with E-state index in [0.29, 0.717) is 5.01 Å². The Labute approximate surface area is 129 Å². The Morgan fingerprint density at radius 1 is 1.27 bits per heavy atom. The first-order valence-electron chi connectivity index (χ1n) is 6.42. The molecule has 0 aliphatic rings. The number of ether oxygens (including phenoxy) is 1. The lowest BCUT2D eigenvalue weighted by Gasteiger charge is -1.99. The molecule has 2 heterocycles. The normalized spacial score (nSPS) is 10.4. The molecule has 1 aromatic carbocycles. The van der Waals surface area contributed by atoms with Crippen LogP contribution in [-0.2, 0) is 6.54 Å². The highest BCUT2D eigenvalue weighted by atomic mass is 32.1. The van der Waals surface area contributed by atoms with Crippen molar-refractivity contribution in [2.45, 2.75) is 6.54 Å². The average Bonchev–Trinajstić information content (AvgIpc) is 3.24. The zero-order valence-corrected chi connectivity index (χ0v) is 12.5. The van der Waals surface area contributed by atoms with E-state index in [2.05, 4.69) is 20.7 Å². The monoisotopic (exact) mass is 316 g/mol. The Morgan fingerprint density at radius 3 is 2.77 bits per heavy atom. The van der Waals surface area contributed by atoms with Gasteiger partial charge in [-0.15, -0.1) is 10.2 Å². The molecule has 112 valence electrons. The quantitative estimate of drug-likeness (QED) is 0.775. The van der Waals surface area contributed by atoms with Gasteiger partial charge in [-0.2, -0.15) is 0 Å². The largest absolute Gasteiger partial charge is 0.497 e. The van der Waals surface area contributed by atoms with Crippen LogP contribution < -0.4 is 10.1 Å². The minimum absolute atomic E-state index is 0.167. The molecule has 0 aliphatic carbocycles. The Morgan fingerprint density at radius 2 is 2.09 bits per heavy atom. The maximum Gasteiger partial charge on any atom is 0.290 e. The summed E-state index contributed by atoms with van der Waals surface area (Å²) in [5.74, 6) is 0.617. The minimum Gasteiger partial charge on any atom is -0.497 e. The Bertz CT molecular complexity index is 753. The summed E-state index contributed by atoms with van der Waals surface area (Å²) < 4.78 is 9.89. The molecule has 0 fully saturated rings. The summed E-state index contributed by atoms with van der Waals surface area (Å²) in [5, 5.41) is 15.9. The van der Waals surface area contributed by atoms with E-state index in [1.807, 2.05) is 24.3 Å². The van der Waals surface area contributed by atoms with Gasteiger partial charge >= 0.3 is 0 Å². The molecule has 0 atom stereocenters. The van der Waals surface area contributed by atoms with E-state index in [9.17, 15) is 4.79 Å². The van der Waals surface area contributed by atoms with Crippen LogP contribution in [0.3, 0.4) is 0 Å². The number of hydrogen-bond acceptors (Lipinski definition) is 7. The Balaban J connectivity index is 1.64. The molecule has 7 nitrogen and oxygen atoms in total. The Hall–Kier alpha value is -2.74. The third kappa shape index (κ3) is 3.12. The molecule has 0 spiro atoms. The van der Waals surface area contributed by atoms with E-state index in [4.69, 9.17) is 9.26 Å². The second kappa shape index (κ2) is 6.35. The first kappa shape index (κ1) is 14.2. The van der Waals surface area contributed by atoms with Gasteiger partial charge in [0.05, 0.1) is 19.9 Å². The van der Waals surface area contributed by atoms with Crippen molar-refractivity contribution in [1.82, 2.24) is 20.7 Å². The highest BCUT2D eigenvalue weighted by Gasteiger charge is 2.11. The highest BCUT2D eigenvalue weighted by Crippen LogP contribution is 2.25. The number of carbonyl (C=O) groups is 1.